The van der Waals surface area contributed by atoms with E-state index >= 15 is 0 Å². The van der Waals surface area contributed by atoms with E-state index in [-0.39, 0.29) is 5.91 Å². The summed E-state index contributed by atoms with van der Waals surface area (Å²) in [6.45, 7) is 4.06. The maximum absolute atomic E-state index is 12.3. The molecule has 31 heavy (non-hydrogen) atoms. The number of methoxy groups -OCH3 is 1. The van der Waals surface area contributed by atoms with Gasteiger partial charge in [0.15, 0.2) is 0 Å². The molecule has 1 amide bonds. The number of aryl methyl sites for hydroxylation is 1. The Morgan fingerprint density at radius 2 is 1.68 bits per heavy atom. The number of aromatic nitrogens is 2. The molecule has 0 atom stereocenters. The fourth-order valence-corrected chi connectivity index (χ4v) is 3.62. The van der Waals surface area contributed by atoms with Crippen molar-refractivity contribution in [2.24, 2.45) is 0 Å². The number of rotatable bonds is 7. The molecule has 0 bridgehead atoms. The van der Waals surface area contributed by atoms with E-state index in [1.165, 1.54) is 12.8 Å². The number of carbonyl (C=O) groups is 1. The number of hydrogen-bond donors (Lipinski definition) is 2. The summed E-state index contributed by atoms with van der Waals surface area (Å²) >= 11 is 0. The van der Waals surface area contributed by atoms with E-state index in [1.807, 2.05) is 61.5 Å². The predicted octanol–water partition coefficient (Wildman–Crippen LogP) is 4.32. The van der Waals surface area contributed by atoms with Crippen LogP contribution < -0.4 is 20.3 Å². The summed E-state index contributed by atoms with van der Waals surface area (Å²) in [6, 6.07) is 17.1. The van der Waals surface area contributed by atoms with Gasteiger partial charge in [0.1, 0.15) is 11.6 Å². The smallest absolute Gasteiger partial charge is 0.229 e. The molecular weight excluding hydrogens is 390 g/mol. The van der Waals surface area contributed by atoms with Crippen LogP contribution in [0.15, 0.2) is 54.6 Å². The number of benzene rings is 2. The lowest BCUT2D eigenvalue weighted by molar-refractivity contribution is -0.115. The van der Waals surface area contributed by atoms with Gasteiger partial charge in [-0.15, -0.1) is 0 Å². The minimum absolute atomic E-state index is 0.0665. The maximum Gasteiger partial charge on any atom is 0.229 e. The first-order chi connectivity index (χ1) is 15.1. The monoisotopic (exact) mass is 417 g/mol. The van der Waals surface area contributed by atoms with E-state index in [0.717, 1.165) is 47.3 Å². The van der Waals surface area contributed by atoms with Crippen molar-refractivity contribution < 1.29 is 9.53 Å². The lowest BCUT2D eigenvalue weighted by Gasteiger charge is -2.17. The zero-order valence-electron chi connectivity index (χ0n) is 17.9. The van der Waals surface area contributed by atoms with Gasteiger partial charge in [-0.1, -0.05) is 12.1 Å². The number of hydrogen-bond acceptors (Lipinski definition) is 6. The van der Waals surface area contributed by atoms with Crippen LogP contribution in [0, 0.1) is 6.92 Å². The van der Waals surface area contributed by atoms with Crippen LogP contribution in [0.25, 0.3) is 0 Å². The fourth-order valence-electron chi connectivity index (χ4n) is 3.62. The molecule has 0 aliphatic carbocycles. The molecule has 1 aliphatic heterocycles. The number of nitrogens with one attached hydrogen (secondary N) is 2. The predicted molar refractivity (Wildman–Crippen MR) is 123 cm³/mol. The van der Waals surface area contributed by atoms with Crippen molar-refractivity contribution in [3.05, 3.63) is 65.9 Å². The topological polar surface area (TPSA) is 79.4 Å². The first-order valence-electron chi connectivity index (χ1n) is 10.5. The van der Waals surface area contributed by atoms with Crippen molar-refractivity contribution >= 4 is 29.0 Å². The molecule has 1 aromatic heterocycles. The summed E-state index contributed by atoms with van der Waals surface area (Å²) in [4.78, 5) is 23.8. The van der Waals surface area contributed by atoms with Gasteiger partial charge in [0.25, 0.3) is 0 Å². The SMILES string of the molecule is COc1ccc(CC(=O)Nc2ccc(Nc3nc(C)cc(N4CCCC4)n3)cc2)cc1. The molecule has 1 fully saturated rings. The van der Waals surface area contributed by atoms with Crippen LogP contribution in [0.5, 0.6) is 5.75 Å². The second-order valence-corrected chi connectivity index (χ2v) is 7.66. The second-order valence-electron chi connectivity index (χ2n) is 7.66. The lowest BCUT2D eigenvalue weighted by Crippen LogP contribution is -2.19. The van der Waals surface area contributed by atoms with Crippen molar-refractivity contribution in [1.29, 1.82) is 0 Å². The molecule has 7 heteroatoms. The Kier molecular flexibility index (Phi) is 6.31. The first kappa shape index (κ1) is 20.7. The molecule has 2 aromatic carbocycles. The van der Waals surface area contributed by atoms with Crippen molar-refractivity contribution in [1.82, 2.24) is 9.97 Å². The third-order valence-electron chi connectivity index (χ3n) is 5.22. The Bertz CT molecular complexity index is 1030. The van der Waals surface area contributed by atoms with Gasteiger partial charge in [0, 0.05) is 36.2 Å². The minimum atomic E-state index is -0.0665. The second kappa shape index (κ2) is 9.47. The molecule has 4 rings (SSSR count). The van der Waals surface area contributed by atoms with Crippen LogP contribution in [-0.4, -0.2) is 36.1 Å². The van der Waals surface area contributed by atoms with Crippen LogP contribution >= 0.6 is 0 Å². The molecule has 160 valence electrons. The summed E-state index contributed by atoms with van der Waals surface area (Å²) < 4.78 is 5.14. The zero-order valence-corrected chi connectivity index (χ0v) is 17.9. The van der Waals surface area contributed by atoms with Gasteiger partial charge in [0.2, 0.25) is 11.9 Å². The average Bonchev–Trinajstić information content (AvgIpc) is 3.30. The van der Waals surface area contributed by atoms with Gasteiger partial charge in [-0.2, -0.15) is 4.98 Å². The highest BCUT2D eigenvalue weighted by atomic mass is 16.5. The van der Waals surface area contributed by atoms with E-state index in [0.29, 0.717) is 12.4 Å². The lowest BCUT2D eigenvalue weighted by atomic mass is 10.1. The summed E-state index contributed by atoms with van der Waals surface area (Å²) in [5.41, 5.74) is 3.47. The summed E-state index contributed by atoms with van der Waals surface area (Å²) in [7, 11) is 1.62. The van der Waals surface area contributed by atoms with Crippen LogP contribution in [0.2, 0.25) is 0 Å². The highest BCUT2D eigenvalue weighted by Crippen LogP contribution is 2.22. The van der Waals surface area contributed by atoms with E-state index in [1.54, 1.807) is 7.11 Å². The Morgan fingerprint density at radius 1 is 1.00 bits per heavy atom. The molecule has 1 saturated heterocycles. The molecule has 0 unspecified atom stereocenters. The summed E-state index contributed by atoms with van der Waals surface area (Å²) in [5, 5.41) is 6.20. The summed E-state index contributed by atoms with van der Waals surface area (Å²) in [6.07, 6.45) is 2.72. The number of carbonyl (C=O) groups excluding carboxylic acids is 1. The van der Waals surface area contributed by atoms with Gasteiger partial charge in [0.05, 0.1) is 13.5 Å². The third-order valence-corrected chi connectivity index (χ3v) is 5.22. The fraction of sp³-hybridized carbons (Fsp3) is 0.292. The molecule has 1 aliphatic rings. The van der Waals surface area contributed by atoms with Crippen LogP contribution in [0.1, 0.15) is 24.1 Å². The van der Waals surface area contributed by atoms with Crippen LogP contribution in [0.4, 0.5) is 23.1 Å². The normalized spacial score (nSPS) is 13.2. The van der Waals surface area contributed by atoms with Crippen LogP contribution in [0.3, 0.4) is 0 Å². The van der Waals surface area contributed by atoms with Gasteiger partial charge < -0.3 is 20.3 Å². The Balaban J connectivity index is 1.36. The number of nitrogens with zero attached hydrogens (tertiary/aromatic N) is 3. The minimum Gasteiger partial charge on any atom is -0.497 e. The molecular formula is C24H27N5O2. The average molecular weight is 418 g/mol. The van der Waals surface area contributed by atoms with E-state index in [4.69, 9.17) is 4.74 Å². The molecule has 2 heterocycles. The number of amides is 1. The Morgan fingerprint density at radius 3 is 2.35 bits per heavy atom. The molecule has 0 radical (unpaired) electrons. The molecule has 0 saturated carbocycles. The third kappa shape index (κ3) is 5.51. The van der Waals surface area contributed by atoms with Gasteiger partial charge in [-0.05, 0) is 61.7 Å². The van der Waals surface area contributed by atoms with Crippen molar-refractivity contribution in [2.45, 2.75) is 26.2 Å². The quantitative estimate of drug-likeness (QED) is 0.596. The Labute approximate surface area is 182 Å². The molecule has 2 N–H and O–H groups in total. The van der Waals surface area contributed by atoms with E-state index < -0.39 is 0 Å². The highest BCUT2D eigenvalue weighted by Gasteiger charge is 2.15. The van der Waals surface area contributed by atoms with E-state index in [9.17, 15) is 4.79 Å². The zero-order chi connectivity index (χ0) is 21.6. The van der Waals surface area contributed by atoms with Crippen LogP contribution in [-0.2, 0) is 11.2 Å². The molecule has 0 spiro atoms. The van der Waals surface area contributed by atoms with Crippen molar-refractivity contribution in [3.63, 3.8) is 0 Å². The number of ether oxygens (including phenoxy) is 1. The largest absolute Gasteiger partial charge is 0.497 e. The summed E-state index contributed by atoms with van der Waals surface area (Å²) in [5.74, 6) is 2.26. The molecule has 3 aromatic rings. The standard InChI is InChI=1S/C24H27N5O2/c1-17-15-22(29-13-3-4-14-29)28-24(25-17)27-20-9-7-19(8-10-20)26-23(30)16-18-5-11-21(31-2)12-6-18/h5-12,15H,3-4,13-14,16H2,1-2H3,(H,26,30)(H,25,27,28). The first-order valence-corrected chi connectivity index (χ1v) is 10.5. The maximum atomic E-state index is 12.3. The van der Waals surface area contributed by atoms with Gasteiger partial charge in [-0.3, -0.25) is 4.79 Å². The molecule has 7 nitrogen and oxygen atoms in total. The van der Waals surface area contributed by atoms with Crippen molar-refractivity contribution in [2.75, 3.05) is 35.7 Å². The van der Waals surface area contributed by atoms with E-state index in [2.05, 4.69) is 25.5 Å². The van der Waals surface area contributed by atoms with Crippen molar-refractivity contribution in [3.8, 4) is 5.75 Å². The van der Waals surface area contributed by atoms with Gasteiger partial charge in [-0.25, -0.2) is 4.98 Å². The highest BCUT2D eigenvalue weighted by molar-refractivity contribution is 5.92. The van der Waals surface area contributed by atoms with Gasteiger partial charge >= 0.3 is 0 Å². The number of anilines is 4. The Hall–Kier alpha value is -3.61.